The Hall–Kier alpha value is -2.88. The number of rotatable bonds is 3. The van der Waals surface area contributed by atoms with Crippen LogP contribution >= 0.6 is 0 Å². The lowest BCUT2D eigenvalue weighted by Gasteiger charge is -2.31. The summed E-state index contributed by atoms with van der Waals surface area (Å²) in [5, 5.41) is 0. The molecule has 1 unspecified atom stereocenters. The summed E-state index contributed by atoms with van der Waals surface area (Å²) in [5.74, 6) is 0.00959. The van der Waals surface area contributed by atoms with Gasteiger partial charge in [-0.15, -0.1) is 0 Å². The Balaban J connectivity index is 1.78. The van der Waals surface area contributed by atoms with Gasteiger partial charge in [0.15, 0.2) is 5.78 Å². The van der Waals surface area contributed by atoms with Gasteiger partial charge in [-0.05, 0) is 29.7 Å². The molecule has 0 fully saturated rings. The molecule has 2 aromatic carbocycles. The SMILES string of the molecule is Cc1ccccc1C1CC(=O)C=CN1C(=O)OCc1ccccc1. The molecule has 122 valence electrons. The van der Waals surface area contributed by atoms with E-state index in [1.54, 1.807) is 0 Å². The van der Waals surface area contributed by atoms with E-state index in [2.05, 4.69) is 0 Å². The van der Waals surface area contributed by atoms with Crippen LogP contribution in [0.25, 0.3) is 0 Å². The minimum atomic E-state index is -0.448. The normalized spacial score (nSPS) is 17.0. The van der Waals surface area contributed by atoms with Crippen molar-refractivity contribution in [2.45, 2.75) is 26.0 Å². The van der Waals surface area contributed by atoms with E-state index in [4.69, 9.17) is 4.74 Å². The van der Waals surface area contributed by atoms with Gasteiger partial charge in [-0.1, -0.05) is 54.6 Å². The second-order valence-corrected chi connectivity index (χ2v) is 5.81. The number of hydrogen-bond acceptors (Lipinski definition) is 3. The van der Waals surface area contributed by atoms with Crippen LogP contribution < -0.4 is 0 Å². The zero-order chi connectivity index (χ0) is 16.9. The third-order valence-electron chi connectivity index (χ3n) is 4.11. The van der Waals surface area contributed by atoms with Crippen LogP contribution in [0, 0.1) is 6.92 Å². The Labute approximate surface area is 141 Å². The summed E-state index contributed by atoms with van der Waals surface area (Å²) in [6.07, 6.45) is 2.77. The maximum Gasteiger partial charge on any atom is 0.414 e. The van der Waals surface area contributed by atoms with Crippen LogP contribution in [0.4, 0.5) is 4.79 Å². The van der Waals surface area contributed by atoms with Crippen LogP contribution in [0.2, 0.25) is 0 Å². The van der Waals surface area contributed by atoms with Crippen LogP contribution in [0.3, 0.4) is 0 Å². The first-order chi connectivity index (χ1) is 11.6. The van der Waals surface area contributed by atoms with E-state index in [9.17, 15) is 9.59 Å². The van der Waals surface area contributed by atoms with E-state index in [1.807, 2.05) is 61.5 Å². The third kappa shape index (κ3) is 3.54. The molecule has 4 heteroatoms. The standard InChI is InChI=1S/C20H19NO3/c1-15-7-5-6-10-18(15)19-13-17(22)11-12-21(19)20(23)24-14-16-8-3-2-4-9-16/h2-12,19H,13-14H2,1H3. The Morgan fingerprint density at radius 1 is 1.12 bits per heavy atom. The second kappa shape index (κ2) is 7.13. The van der Waals surface area contributed by atoms with Crippen molar-refractivity contribution < 1.29 is 14.3 Å². The van der Waals surface area contributed by atoms with Gasteiger partial charge in [0.2, 0.25) is 0 Å². The van der Waals surface area contributed by atoms with Crippen LogP contribution in [0.5, 0.6) is 0 Å². The molecule has 1 heterocycles. The van der Waals surface area contributed by atoms with Gasteiger partial charge in [0.05, 0.1) is 6.04 Å². The lowest BCUT2D eigenvalue weighted by Crippen LogP contribution is -2.35. The van der Waals surface area contributed by atoms with E-state index in [0.29, 0.717) is 0 Å². The molecule has 2 aromatic rings. The van der Waals surface area contributed by atoms with Crippen LogP contribution in [-0.2, 0) is 16.1 Å². The van der Waals surface area contributed by atoms with Crippen LogP contribution in [0.1, 0.15) is 29.2 Å². The van der Waals surface area contributed by atoms with Gasteiger partial charge in [0, 0.05) is 12.6 Å². The molecular weight excluding hydrogens is 302 g/mol. The summed E-state index contributed by atoms with van der Waals surface area (Å²) < 4.78 is 5.42. The van der Waals surface area contributed by atoms with Gasteiger partial charge in [-0.2, -0.15) is 0 Å². The Bertz CT molecular complexity index is 767. The van der Waals surface area contributed by atoms with Gasteiger partial charge in [0.25, 0.3) is 0 Å². The van der Waals surface area contributed by atoms with Crippen molar-refractivity contribution in [1.29, 1.82) is 0 Å². The molecule has 0 radical (unpaired) electrons. The second-order valence-electron chi connectivity index (χ2n) is 5.81. The maximum atomic E-state index is 12.5. The van der Waals surface area contributed by atoms with Crippen molar-refractivity contribution in [1.82, 2.24) is 4.90 Å². The molecule has 0 saturated carbocycles. The van der Waals surface area contributed by atoms with Gasteiger partial charge in [0.1, 0.15) is 6.61 Å². The number of ketones is 1. The summed E-state index contributed by atoms with van der Waals surface area (Å²) in [7, 11) is 0. The molecule has 4 nitrogen and oxygen atoms in total. The summed E-state index contributed by atoms with van der Waals surface area (Å²) >= 11 is 0. The number of allylic oxidation sites excluding steroid dienone is 1. The predicted molar refractivity (Wildman–Crippen MR) is 91.2 cm³/mol. The fourth-order valence-electron chi connectivity index (χ4n) is 2.83. The molecule has 1 aliphatic rings. The summed E-state index contributed by atoms with van der Waals surface area (Å²) in [5.41, 5.74) is 2.94. The number of ether oxygens (including phenoxy) is 1. The predicted octanol–water partition coefficient (Wildman–Crippen LogP) is 4.16. The monoisotopic (exact) mass is 321 g/mol. The molecule has 1 atom stereocenters. The van der Waals surface area contributed by atoms with Crippen LogP contribution in [0.15, 0.2) is 66.9 Å². The summed E-state index contributed by atoms with van der Waals surface area (Å²) in [4.78, 5) is 25.9. The van der Waals surface area contributed by atoms with Gasteiger partial charge < -0.3 is 4.74 Å². The van der Waals surface area contributed by atoms with Crippen molar-refractivity contribution in [2.75, 3.05) is 0 Å². The Morgan fingerprint density at radius 2 is 1.83 bits per heavy atom. The Kier molecular flexibility index (Phi) is 4.75. The first-order valence-corrected chi connectivity index (χ1v) is 7.91. The molecule has 0 spiro atoms. The molecule has 0 N–H and O–H groups in total. The highest BCUT2D eigenvalue weighted by molar-refractivity contribution is 5.92. The summed E-state index contributed by atoms with van der Waals surface area (Å²) in [6.45, 7) is 2.18. The van der Waals surface area contributed by atoms with E-state index < -0.39 is 6.09 Å². The highest BCUT2D eigenvalue weighted by atomic mass is 16.6. The molecule has 24 heavy (non-hydrogen) atoms. The zero-order valence-electron chi connectivity index (χ0n) is 13.5. The van der Waals surface area contributed by atoms with Crippen molar-refractivity contribution in [3.8, 4) is 0 Å². The molecule has 0 bridgehead atoms. The lowest BCUT2D eigenvalue weighted by molar-refractivity contribution is -0.116. The van der Waals surface area contributed by atoms with Crippen molar-refractivity contribution in [3.63, 3.8) is 0 Å². The number of benzene rings is 2. The third-order valence-corrected chi connectivity index (χ3v) is 4.11. The number of amides is 1. The fourth-order valence-corrected chi connectivity index (χ4v) is 2.83. The van der Waals surface area contributed by atoms with Crippen molar-refractivity contribution in [2.24, 2.45) is 0 Å². The fraction of sp³-hybridized carbons (Fsp3) is 0.200. The molecular formula is C20H19NO3. The average Bonchev–Trinajstić information content (AvgIpc) is 2.61. The molecule has 1 amide bonds. The largest absolute Gasteiger partial charge is 0.444 e. The number of carbonyl (C=O) groups excluding carboxylic acids is 2. The number of aryl methyl sites for hydroxylation is 1. The highest BCUT2D eigenvalue weighted by Crippen LogP contribution is 2.31. The van der Waals surface area contributed by atoms with E-state index in [-0.39, 0.29) is 24.9 Å². The number of carbonyl (C=O) groups is 2. The lowest BCUT2D eigenvalue weighted by atomic mass is 9.94. The topological polar surface area (TPSA) is 46.6 Å². The van der Waals surface area contributed by atoms with E-state index in [1.165, 1.54) is 17.2 Å². The minimum Gasteiger partial charge on any atom is -0.444 e. The highest BCUT2D eigenvalue weighted by Gasteiger charge is 2.30. The van der Waals surface area contributed by atoms with Gasteiger partial charge >= 0.3 is 6.09 Å². The number of nitrogens with zero attached hydrogens (tertiary/aromatic N) is 1. The minimum absolute atomic E-state index is 0.00959. The van der Waals surface area contributed by atoms with E-state index >= 15 is 0 Å². The number of hydrogen-bond donors (Lipinski definition) is 0. The quantitative estimate of drug-likeness (QED) is 0.852. The van der Waals surface area contributed by atoms with E-state index in [0.717, 1.165) is 16.7 Å². The van der Waals surface area contributed by atoms with Crippen LogP contribution in [-0.4, -0.2) is 16.8 Å². The van der Waals surface area contributed by atoms with Gasteiger partial charge in [-0.25, -0.2) is 4.79 Å². The molecule has 0 aromatic heterocycles. The first kappa shape index (κ1) is 16.0. The maximum absolute atomic E-state index is 12.5. The molecule has 1 aliphatic heterocycles. The smallest absolute Gasteiger partial charge is 0.414 e. The van der Waals surface area contributed by atoms with Crippen molar-refractivity contribution in [3.05, 3.63) is 83.6 Å². The molecule has 0 saturated heterocycles. The molecule has 0 aliphatic carbocycles. The first-order valence-electron chi connectivity index (χ1n) is 7.91. The van der Waals surface area contributed by atoms with Gasteiger partial charge in [-0.3, -0.25) is 9.69 Å². The molecule has 3 rings (SSSR count). The summed E-state index contributed by atoms with van der Waals surface area (Å²) in [6, 6.07) is 17.0. The van der Waals surface area contributed by atoms with Crippen molar-refractivity contribution >= 4 is 11.9 Å². The zero-order valence-corrected chi connectivity index (χ0v) is 13.5. The average molecular weight is 321 g/mol. The Morgan fingerprint density at radius 3 is 2.58 bits per heavy atom.